The highest BCUT2D eigenvalue weighted by molar-refractivity contribution is 5.71. The zero-order valence-electron chi connectivity index (χ0n) is 53.7. The van der Waals surface area contributed by atoms with Crippen LogP contribution >= 0.6 is 0 Å². The summed E-state index contributed by atoms with van der Waals surface area (Å²) in [5.41, 5.74) is 0. The van der Waals surface area contributed by atoms with Crippen molar-refractivity contribution in [3.63, 3.8) is 0 Å². The fraction of sp³-hybridized carbons (Fsp3) is 0.792. The van der Waals surface area contributed by atoms with E-state index in [1.54, 1.807) is 0 Å². The molecule has 0 aliphatic carbocycles. The number of hydrogen-bond acceptors (Lipinski definition) is 7. The van der Waals surface area contributed by atoms with Crippen LogP contribution in [0.3, 0.4) is 0 Å². The summed E-state index contributed by atoms with van der Waals surface area (Å²) in [6, 6.07) is 0. The summed E-state index contributed by atoms with van der Waals surface area (Å²) in [6.07, 6.45) is 80.3. The van der Waals surface area contributed by atoms with E-state index in [9.17, 15) is 19.5 Å². The van der Waals surface area contributed by atoms with E-state index in [0.717, 1.165) is 89.9 Å². The predicted molar refractivity (Wildman–Crippen MR) is 346 cm³/mol. The molecule has 0 aromatic rings. The summed E-state index contributed by atoms with van der Waals surface area (Å²) in [4.78, 5) is 37.5. The molecule has 0 saturated heterocycles. The highest BCUT2D eigenvalue weighted by Crippen LogP contribution is 2.18. The van der Waals surface area contributed by atoms with E-state index in [4.69, 9.17) is 18.9 Å². The maximum atomic E-state index is 12.9. The number of carbonyl (C=O) groups is 3. The predicted octanol–water partition coefficient (Wildman–Crippen LogP) is 20.9. The number of rotatable bonds is 63. The lowest BCUT2D eigenvalue weighted by molar-refractivity contribution is -0.870. The molecule has 0 fully saturated rings. The summed E-state index contributed by atoms with van der Waals surface area (Å²) < 4.78 is 22.9. The van der Waals surface area contributed by atoms with Crippen LogP contribution in [0.1, 0.15) is 309 Å². The zero-order chi connectivity index (χ0) is 59.1. The summed E-state index contributed by atoms with van der Waals surface area (Å²) in [6.45, 7) is 4.77. The van der Waals surface area contributed by atoms with Gasteiger partial charge in [0.25, 0.3) is 6.29 Å². The Bertz CT molecular complexity index is 1560. The van der Waals surface area contributed by atoms with Gasteiger partial charge in [-0.15, -0.1) is 0 Å². The zero-order valence-corrected chi connectivity index (χ0v) is 53.7. The SMILES string of the molecule is CC/C=C\C/C=C\C/C=C\C/C=C\CCCCCCCCC(=O)OC(COC(=O)CCCCCCCCCCCCCCCCCCCCCCCCCCC/C=C\C/C=C\CCCCCCC)COC(OCC[N+](C)(C)C)C(=O)O. The normalized spacial score (nSPS) is 13.1. The fourth-order valence-corrected chi connectivity index (χ4v) is 9.74. The molecule has 9 heteroatoms. The molecule has 0 saturated carbocycles. The minimum Gasteiger partial charge on any atom is -0.477 e. The first-order valence-corrected chi connectivity index (χ1v) is 34.1. The first-order chi connectivity index (χ1) is 39.6. The minimum atomic E-state index is -1.52. The second-order valence-corrected chi connectivity index (χ2v) is 24.1. The van der Waals surface area contributed by atoms with Gasteiger partial charge in [-0.3, -0.25) is 9.59 Å². The first kappa shape index (κ1) is 77.7. The van der Waals surface area contributed by atoms with Crippen molar-refractivity contribution in [2.45, 2.75) is 322 Å². The Morgan fingerprint density at radius 2 is 0.704 bits per heavy atom. The largest absolute Gasteiger partial charge is 0.477 e. The van der Waals surface area contributed by atoms with E-state index in [0.29, 0.717) is 23.9 Å². The lowest BCUT2D eigenvalue weighted by Gasteiger charge is -2.25. The number of nitrogens with zero attached hydrogens (tertiary/aromatic N) is 1. The summed E-state index contributed by atoms with van der Waals surface area (Å²) in [7, 11) is 5.97. The molecule has 2 unspecified atom stereocenters. The standard InChI is InChI=1S/C72H129NO8/c1-6-8-10-12-14-16-18-20-22-24-26-27-28-29-30-31-32-33-34-35-36-37-38-39-40-41-42-43-45-46-48-50-52-54-56-58-60-62-69(74)79-66-68(67-80-72(71(76)77)78-65-64-73(3,4)5)81-70(75)63-61-59-57-55-53-51-49-47-44-25-23-21-19-17-15-13-11-9-7-2/h9,11,15,17-18,20-21,23-24,26,44,47,68,72H,6-8,10,12-14,16,19,22,25,27-43,45-46,48-67H2,1-5H3/p+1/b11-9-,17-15-,20-18-,23-21-,26-24-,47-44-. The Morgan fingerprint density at radius 3 is 1.05 bits per heavy atom. The van der Waals surface area contributed by atoms with Crippen LogP contribution in [0.2, 0.25) is 0 Å². The van der Waals surface area contributed by atoms with Gasteiger partial charge in [-0.05, 0) is 83.5 Å². The molecule has 9 nitrogen and oxygen atoms in total. The molecular formula is C72H130NO8+. The highest BCUT2D eigenvalue weighted by Gasteiger charge is 2.25. The van der Waals surface area contributed by atoms with E-state index in [-0.39, 0.29) is 32.2 Å². The molecule has 0 rings (SSSR count). The third-order valence-corrected chi connectivity index (χ3v) is 14.9. The first-order valence-electron chi connectivity index (χ1n) is 34.1. The van der Waals surface area contributed by atoms with Crippen molar-refractivity contribution < 1.29 is 42.9 Å². The van der Waals surface area contributed by atoms with Gasteiger partial charge in [-0.25, -0.2) is 4.79 Å². The quantitative estimate of drug-likeness (QED) is 0.0211. The van der Waals surface area contributed by atoms with Crippen LogP contribution in [0.4, 0.5) is 0 Å². The van der Waals surface area contributed by atoms with Gasteiger partial charge in [-0.2, -0.15) is 0 Å². The van der Waals surface area contributed by atoms with Crippen LogP contribution in [0.15, 0.2) is 72.9 Å². The van der Waals surface area contributed by atoms with Crippen LogP contribution in [0.5, 0.6) is 0 Å². The van der Waals surface area contributed by atoms with Gasteiger partial charge in [-0.1, -0.05) is 286 Å². The number of carboxylic acids is 1. The molecule has 1 N–H and O–H groups in total. The molecule has 0 radical (unpaired) electrons. The number of unbranched alkanes of at least 4 members (excludes halogenated alkanes) is 36. The lowest BCUT2D eigenvalue weighted by atomic mass is 10.0. The topological polar surface area (TPSA) is 108 Å². The number of quaternary nitrogens is 1. The van der Waals surface area contributed by atoms with Crippen molar-refractivity contribution >= 4 is 17.9 Å². The third kappa shape index (κ3) is 64.1. The van der Waals surface area contributed by atoms with Crippen molar-refractivity contribution in [3.05, 3.63) is 72.9 Å². The van der Waals surface area contributed by atoms with E-state index in [2.05, 4.69) is 86.8 Å². The van der Waals surface area contributed by atoms with Crippen LogP contribution in [-0.4, -0.2) is 87.4 Å². The number of esters is 2. The van der Waals surface area contributed by atoms with Gasteiger partial charge < -0.3 is 28.5 Å². The van der Waals surface area contributed by atoms with Gasteiger partial charge in [0.1, 0.15) is 13.2 Å². The molecular weight excluding hydrogens is 1010 g/mol. The van der Waals surface area contributed by atoms with Crippen LogP contribution in [0.25, 0.3) is 0 Å². The van der Waals surface area contributed by atoms with Gasteiger partial charge in [0, 0.05) is 12.8 Å². The molecule has 0 amide bonds. The average molecular weight is 1140 g/mol. The third-order valence-electron chi connectivity index (χ3n) is 14.9. The number of allylic oxidation sites excluding steroid dienone is 12. The van der Waals surface area contributed by atoms with E-state index < -0.39 is 24.3 Å². The van der Waals surface area contributed by atoms with Gasteiger partial charge >= 0.3 is 17.9 Å². The van der Waals surface area contributed by atoms with E-state index >= 15 is 0 Å². The van der Waals surface area contributed by atoms with E-state index in [1.165, 1.54) is 186 Å². The molecule has 0 aromatic carbocycles. The van der Waals surface area contributed by atoms with Crippen LogP contribution < -0.4 is 0 Å². The second kappa shape index (κ2) is 62.8. The number of ether oxygens (including phenoxy) is 4. The van der Waals surface area contributed by atoms with Crippen molar-refractivity contribution in [1.82, 2.24) is 0 Å². The Morgan fingerprint density at radius 1 is 0.383 bits per heavy atom. The Hall–Kier alpha value is -3.27. The minimum absolute atomic E-state index is 0.183. The van der Waals surface area contributed by atoms with Crippen molar-refractivity contribution in [3.8, 4) is 0 Å². The maximum Gasteiger partial charge on any atom is 0.361 e. The molecule has 2 atom stereocenters. The summed E-state index contributed by atoms with van der Waals surface area (Å²) in [5.74, 6) is -2.01. The van der Waals surface area contributed by atoms with Crippen molar-refractivity contribution in [1.29, 1.82) is 0 Å². The summed E-state index contributed by atoms with van der Waals surface area (Å²) >= 11 is 0. The van der Waals surface area contributed by atoms with Gasteiger partial charge in [0.2, 0.25) is 0 Å². The Kier molecular flexibility index (Phi) is 60.2. The molecule has 0 spiro atoms. The van der Waals surface area contributed by atoms with Crippen LogP contribution in [0, 0.1) is 0 Å². The Balaban J connectivity index is 4.01. The molecule has 0 heterocycles. The Labute approximate surface area is 500 Å². The molecule has 81 heavy (non-hydrogen) atoms. The highest BCUT2D eigenvalue weighted by atomic mass is 16.7. The van der Waals surface area contributed by atoms with Gasteiger partial charge in [0.05, 0.1) is 34.4 Å². The number of carboxylic acid groups (broad SMARTS) is 1. The fourth-order valence-electron chi connectivity index (χ4n) is 9.74. The lowest BCUT2D eigenvalue weighted by Crippen LogP contribution is -2.40. The van der Waals surface area contributed by atoms with Crippen LogP contribution in [-0.2, 0) is 33.3 Å². The number of hydrogen-bond donors (Lipinski definition) is 1. The molecule has 0 bridgehead atoms. The van der Waals surface area contributed by atoms with Gasteiger partial charge in [0.15, 0.2) is 6.10 Å². The number of carbonyl (C=O) groups excluding carboxylic acids is 2. The average Bonchev–Trinajstić information content (AvgIpc) is 3.44. The molecule has 0 aromatic heterocycles. The molecule has 0 aliphatic heterocycles. The molecule has 470 valence electrons. The monoisotopic (exact) mass is 1140 g/mol. The number of aliphatic carboxylic acids is 1. The smallest absolute Gasteiger partial charge is 0.361 e. The van der Waals surface area contributed by atoms with Crippen molar-refractivity contribution in [2.75, 3.05) is 47.5 Å². The van der Waals surface area contributed by atoms with Crippen molar-refractivity contribution in [2.24, 2.45) is 0 Å². The maximum absolute atomic E-state index is 12.9. The van der Waals surface area contributed by atoms with E-state index in [1.807, 2.05) is 21.1 Å². The number of likely N-dealkylation sites (N-methyl/N-ethyl adjacent to an activating group) is 1. The molecule has 0 aliphatic rings. The second-order valence-electron chi connectivity index (χ2n) is 24.1. The summed E-state index contributed by atoms with van der Waals surface area (Å²) in [5, 5.41) is 9.72.